The Balaban J connectivity index is 0.967. The number of benzene rings is 1. The van der Waals surface area contributed by atoms with Gasteiger partial charge in [0.2, 0.25) is 0 Å². The van der Waals surface area contributed by atoms with Crippen LogP contribution in [0, 0.1) is 55.8 Å². The van der Waals surface area contributed by atoms with Crippen molar-refractivity contribution in [1.82, 2.24) is 24.7 Å². The number of hydrogen-bond acceptors (Lipinski definition) is 4. The average Bonchev–Trinajstić information content (AvgIpc) is 3.47. The molecule has 0 radical (unpaired) electrons. The molecule has 8 rings (SSSR count). The lowest BCUT2D eigenvalue weighted by atomic mass is 9.49. The molecule has 4 aliphatic carbocycles. The Morgan fingerprint density at radius 1 is 0.982 bits per heavy atom. The summed E-state index contributed by atoms with van der Waals surface area (Å²) in [6.45, 7) is 24.7. The molecule has 1 saturated heterocycles. The molecular formula is C49H73N5O2. The van der Waals surface area contributed by atoms with Gasteiger partial charge in [-0.05, 0) is 171 Å². The molecule has 5 aliphatic rings. The van der Waals surface area contributed by atoms with E-state index in [0.717, 1.165) is 89.7 Å². The van der Waals surface area contributed by atoms with Crippen molar-refractivity contribution in [1.29, 1.82) is 0 Å². The second-order valence-corrected chi connectivity index (χ2v) is 19.3. The van der Waals surface area contributed by atoms with E-state index in [4.69, 9.17) is 0 Å². The quantitative estimate of drug-likeness (QED) is 0.127. The normalized spacial score (nSPS) is 24.5. The van der Waals surface area contributed by atoms with Crippen LogP contribution in [-0.2, 0) is 6.54 Å². The number of rotatable bonds is 18. The summed E-state index contributed by atoms with van der Waals surface area (Å²) in [7, 11) is 0. The zero-order valence-corrected chi connectivity index (χ0v) is 35.9. The Morgan fingerprint density at radius 2 is 1.64 bits per heavy atom. The van der Waals surface area contributed by atoms with Crippen LogP contribution in [0.15, 0.2) is 47.3 Å². The van der Waals surface area contributed by atoms with Gasteiger partial charge in [-0.3, -0.25) is 9.59 Å². The average molecular weight is 764 g/mol. The standard InChI is InChI=1S/C49H73N5O2/c1-8-38(9-2)24-33(3)14-18-53(21-17-49-29-39-26-40(30-49)28-41(27-39)31-49)23-22-52-19-15-42(16-20-52)36(6)54-37(7)46(43-12-10-11-13-45(43)54)48(56)50-32-44-34(4)25-35(5)51-47(44)55/h10-13,25,36,38-42H,3,8-9,14-24,26-32H2,1-2,4-7H3,(H,50,56)(H,51,55)/t36-,39?,40?,41?,49?/m1/s1. The predicted molar refractivity (Wildman–Crippen MR) is 232 cm³/mol. The number of aromatic amines is 1. The van der Waals surface area contributed by atoms with Crippen molar-refractivity contribution in [2.75, 3.05) is 39.3 Å². The second kappa shape index (κ2) is 17.8. The third-order valence-electron chi connectivity index (χ3n) is 15.4. The van der Waals surface area contributed by atoms with Crippen LogP contribution >= 0.6 is 0 Å². The van der Waals surface area contributed by atoms with Crippen molar-refractivity contribution in [2.24, 2.45) is 35.0 Å². The molecule has 1 atom stereocenters. The smallest absolute Gasteiger partial charge is 0.254 e. The minimum Gasteiger partial charge on any atom is -0.348 e. The zero-order chi connectivity index (χ0) is 39.6. The second-order valence-electron chi connectivity index (χ2n) is 19.3. The molecule has 2 N–H and O–H groups in total. The highest BCUT2D eigenvalue weighted by atomic mass is 16.2. The first-order chi connectivity index (χ1) is 27.0. The fourth-order valence-corrected chi connectivity index (χ4v) is 12.4. The SMILES string of the molecule is C=C(CCN(CCN1CCC([C@@H](C)n2c(C)c(C(=O)NCc3c(C)cc(C)[nH]c3=O)c3ccccc32)CC1)CCC12CC3CC(CC(C3)C1)C2)CC(CC)CC. The van der Waals surface area contributed by atoms with Crippen molar-refractivity contribution in [3.63, 3.8) is 0 Å². The van der Waals surface area contributed by atoms with Crippen molar-refractivity contribution < 1.29 is 4.79 Å². The fourth-order valence-electron chi connectivity index (χ4n) is 12.4. The third kappa shape index (κ3) is 9.09. The molecular weight excluding hydrogens is 691 g/mol. The Hall–Kier alpha value is -3.16. The molecule has 1 aliphatic heterocycles. The molecule has 7 heteroatoms. The van der Waals surface area contributed by atoms with E-state index < -0.39 is 0 Å². The van der Waals surface area contributed by atoms with Crippen molar-refractivity contribution >= 4 is 16.8 Å². The molecule has 5 fully saturated rings. The number of aromatic nitrogens is 2. The van der Waals surface area contributed by atoms with Gasteiger partial charge in [-0.1, -0.05) is 57.0 Å². The molecule has 0 spiro atoms. The number of piperidine rings is 1. The highest BCUT2D eigenvalue weighted by Crippen LogP contribution is 2.61. The van der Waals surface area contributed by atoms with E-state index in [1.54, 1.807) is 0 Å². The molecule has 1 amide bonds. The number of carbonyl (C=O) groups is 1. The van der Waals surface area contributed by atoms with Gasteiger partial charge >= 0.3 is 0 Å². The number of amides is 1. The number of likely N-dealkylation sites (tertiary alicyclic amines) is 1. The van der Waals surface area contributed by atoms with Crippen molar-refractivity contribution in [2.45, 2.75) is 138 Å². The summed E-state index contributed by atoms with van der Waals surface area (Å²) < 4.78 is 2.43. The summed E-state index contributed by atoms with van der Waals surface area (Å²) in [5, 5.41) is 4.08. The van der Waals surface area contributed by atoms with Gasteiger partial charge in [0.25, 0.3) is 11.5 Å². The summed E-state index contributed by atoms with van der Waals surface area (Å²) in [6.07, 6.45) is 17.7. The fraction of sp³-hybridized carbons (Fsp3) is 0.673. The third-order valence-corrected chi connectivity index (χ3v) is 15.4. The molecule has 56 heavy (non-hydrogen) atoms. The van der Waals surface area contributed by atoms with Gasteiger partial charge in [-0.15, -0.1) is 0 Å². The summed E-state index contributed by atoms with van der Waals surface area (Å²) in [5.74, 6) is 4.28. The monoisotopic (exact) mass is 764 g/mol. The van der Waals surface area contributed by atoms with E-state index in [1.807, 2.05) is 26.0 Å². The van der Waals surface area contributed by atoms with Gasteiger partial charge in [0.1, 0.15) is 0 Å². The zero-order valence-electron chi connectivity index (χ0n) is 35.9. The molecule has 7 nitrogen and oxygen atoms in total. The number of nitrogens with one attached hydrogen (secondary N) is 2. The van der Waals surface area contributed by atoms with Gasteiger partial charge in [0.15, 0.2) is 0 Å². The van der Waals surface area contributed by atoms with E-state index in [2.05, 4.69) is 77.1 Å². The molecule has 2 aromatic heterocycles. The van der Waals surface area contributed by atoms with Crippen LogP contribution in [0.1, 0.15) is 143 Å². The number of aryl methyl sites for hydroxylation is 2. The molecule has 306 valence electrons. The lowest BCUT2D eigenvalue weighted by Gasteiger charge is -2.57. The molecule has 4 bridgehead atoms. The maximum absolute atomic E-state index is 13.8. The lowest BCUT2D eigenvalue weighted by Crippen LogP contribution is -2.48. The number of pyridine rings is 1. The van der Waals surface area contributed by atoms with Crippen LogP contribution in [0.4, 0.5) is 0 Å². The summed E-state index contributed by atoms with van der Waals surface area (Å²) in [6, 6.07) is 10.6. The largest absolute Gasteiger partial charge is 0.348 e. The van der Waals surface area contributed by atoms with E-state index in [-0.39, 0.29) is 24.1 Å². The van der Waals surface area contributed by atoms with E-state index in [9.17, 15) is 9.59 Å². The molecule has 3 heterocycles. The van der Waals surface area contributed by atoms with Gasteiger partial charge in [-0.25, -0.2) is 0 Å². The number of hydrogen-bond donors (Lipinski definition) is 2. The first-order valence-electron chi connectivity index (χ1n) is 22.6. The number of para-hydroxylation sites is 1. The highest BCUT2D eigenvalue weighted by Gasteiger charge is 2.50. The minimum absolute atomic E-state index is 0.120. The first-order valence-corrected chi connectivity index (χ1v) is 22.6. The van der Waals surface area contributed by atoms with Crippen LogP contribution in [0.5, 0.6) is 0 Å². The molecule has 0 unspecified atom stereocenters. The number of carbonyl (C=O) groups excluding carboxylic acids is 1. The highest BCUT2D eigenvalue weighted by molar-refractivity contribution is 6.08. The van der Waals surface area contributed by atoms with Crippen molar-refractivity contribution in [3.05, 3.63) is 80.9 Å². The minimum atomic E-state index is -0.134. The number of fused-ring (bicyclic) bond motifs is 1. The Labute approximate surface area is 338 Å². The molecule has 4 saturated carbocycles. The van der Waals surface area contributed by atoms with Gasteiger partial charge in [-0.2, -0.15) is 0 Å². The van der Waals surface area contributed by atoms with Gasteiger partial charge in [0.05, 0.1) is 5.56 Å². The number of H-pyrrole nitrogens is 1. The topological polar surface area (TPSA) is 73.4 Å². The van der Waals surface area contributed by atoms with Crippen molar-refractivity contribution in [3.8, 4) is 0 Å². The van der Waals surface area contributed by atoms with E-state index in [1.165, 1.54) is 95.7 Å². The Morgan fingerprint density at radius 3 is 2.29 bits per heavy atom. The Bertz CT molecular complexity index is 1860. The first kappa shape index (κ1) is 41.0. The van der Waals surface area contributed by atoms with Crippen LogP contribution in [0.2, 0.25) is 0 Å². The van der Waals surface area contributed by atoms with Crippen LogP contribution in [0.3, 0.4) is 0 Å². The predicted octanol–water partition coefficient (Wildman–Crippen LogP) is 10.1. The maximum Gasteiger partial charge on any atom is 0.254 e. The lowest BCUT2D eigenvalue weighted by molar-refractivity contribution is -0.0611. The molecule has 3 aromatic rings. The van der Waals surface area contributed by atoms with Crippen LogP contribution in [0.25, 0.3) is 10.9 Å². The molecule has 1 aromatic carbocycles. The maximum atomic E-state index is 13.8. The summed E-state index contributed by atoms with van der Waals surface area (Å²) in [4.78, 5) is 35.0. The van der Waals surface area contributed by atoms with Crippen LogP contribution < -0.4 is 10.9 Å². The van der Waals surface area contributed by atoms with Gasteiger partial charge in [0, 0.05) is 60.1 Å². The summed E-state index contributed by atoms with van der Waals surface area (Å²) >= 11 is 0. The van der Waals surface area contributed by atoms with E-state index in [0.29, 0.717) is 16.9 Å². The van der Waals surface area contributed by atoms with Gasteiger partial charge < -0.3 is 24.7 Å². The summed E-state index contributed by atoms with van der Waals surface area (Å²) in [5.41, 5.74) is 7.15. The number of nitrogens with zero attached hydrogens (tertiary/aromatic N) is 3. The van der Waals surface area contributed by atoms with Crippen LogP contribution in [-0.4, -0.2) is 64.5 Å². The Kier molecular flexibility index (Phi) is 13.0. The van der Waals surface area contributed by atoms with E-state index >= 15 is 0 Å².